The van der Waals surface area contributed by atoms with Crippen LogP contribution >= 0.6 is 0 Å². The van der Waals surface area contributed by atoms with Gasteiger partial charge in [0.2, 0.25) is 5.91 Å². The smallest absolute Gasteiger partial charge is 0.246 e. The summed E-state index contributed by atoms with van der Waals surface area (Å²) >= 11 is 0. The number of benzene rings is 1. The number of hydrogen-bond donors (Lipinski definition) is 1. The highest BCUT2D eigenvalue weighted by molar-refractivity contribution is 5.92. The molecule has 0 radical (unpaired) electrons. The molecular weight excluding hydrogens is 250 g/mol. The number of nitrogens with zero attached hydrogens (tertiary/aromatic N) is 1. The van der Waals surface area contributed by atoms with E-state index in [1.807, 2.05) is 18.2 Å². The molecule has 0 bridgehead atoms. The van der Waals surface area contributed by atoms with Gasteiger partial charge in [0.1, 0.15) is 0 Å². The number of carbonyl (C=O) groups is 1. The highest BCUT2D eigenvalue weighted by Gasteiger charge is 2.32. The van der Waals surface area contributed by atoms with Crippen LogP contribution in [-0.2, 0) is 11.2 Å². The average Bonchev–Trinajstić information content (AvgIpc) is 2.86. The summed E-state index contributed by atoms with van der Waals surface area (Å²) < 4.78 is 0. The van der Waals surface area contributed by atoms with Gasteiger partial charge in [-0.1, -0.05) is 38.1 Å². The van der Waals surface area contributed by atoms with Crippen molar-refractivity contribution in [2.24, 2.45) is 5.92 Å². The molecule has 1 amide bonds. The fourth-order valence-corrected chi connectivity index (χ4v) is 2.69. The van der Waals surface area contributed by atoms with Crippen molar-refractivity contribution in [1.82, 2.24) is 4.90 Å². The van der Waals surface area contributed by atoms with Crippen molar-refractivity contribution in [2.45, 2.75) is 32.7 Å². The van der Waals surface area contributed by atoms with Crippen LogP contribution in [0.3, 0.4) is 0 Å². The Labute approximate surface area is 120 Å². The zero-order valence-electron chi connectivity index (χ0n) is 12.2. The molecule has 0 saturated carbocycles. The average molecular weight is 273 g/mol. The Morgan fingerprint density at radius 2 is 2.10 bits per heavy atom. The molecule has 1 aliphatic rings. The Morgan fingerprint density at radius 3 is 2.70 bits per heavy atom. The van der Waals surface area contributed by atoms with Crippen molar-refractivity contribution in [2.75, 3.05) is 13.2 Å². The molecule has 1 aliphatic heterocycles. The second-order valence-corrected chi connectivity index (χ2v) is 5.48. The number of aliphatic hydroxyl groups is 1. The molecule has 108 valence electrons. The highest BCUT2D eigenvalue weighted by atomic mass is 16.3. The quantitative estimate of drug-likeness (QED) is 0.856. The Morgan fingerprint density at radius 1 is 1.40 bits per heavy atom. The minimum absolute atomic E-state index is 0.00651. The van der Waals surface area contributed by atoms with Gasteiger partial charge in [0.15, 0.2) is 0 Å². The van der Waals surface area contributed by atoms with Gasteiger partial charge >= 0.3 is 0 Å². The lowest BCUT2D eigenvalue weighted by Gasteiger charge is -2.23. The van der Waals surface area contributed by atoms with E-state index in [1.165, 1.54) is 5.56 Å². The largest absolute Gasteiger partial charge is 0.394 e. The second-order valence-electron chi connectivity index (χ2n) is 5.48. The molecule has 20 heavy (non-hydrogen) atoms. The van der Waals surface area contributed by atoms with Crippen LogP contribution in [0.25, 0.3) is 6.08 Å². The Balaban J connectivity index is 2.01. The van der Waals surface area contributed by atoms with Crippen LogP contribution in [0.5, 0.6) is 0 Å². The lowest BCUT2D eigenvalue weighted by Crippen LogP contribution is -2.38. The maximum atomic E-state index is 12.2. The van der Waals surface area contributed by atoms with Crippen LogP contribution < -0.4 is 0 Å². The number of rotatable bonds is 4. The minimum Gasteiger partial charge on any atom is -0.394 e. The molecule has 0 spiro atoms. The summed E-state index contributed by atoms with van der Waals surface area (Å²) in [6.07, 6.45) is 5.45. The third-order valence-corrected chi connectivity index (χ3v) is 4.16. The molecule has 2 atom stereocenters. The van der Waals surface area contributed by atoms with Gasteiger partial charge in [0, 0.05) is 12.6 Å². The summed E-state index contributed by atoms with van der Waals surface area (Å²) in [6, 6.07) is 8.18. The number of aryl methyl sites for hydroxylation is 1. The fraction of sp³-hybridized carbons (Fsp3) is 0.471. The number of hydrogen-bond acceptors (Lipinski definition) is 2. The maximum Gasteiger partial charge on any atom is 0.246 e. The minimum atomic E-state index is -0.0328. The number of amides is 1. The monoisotopic (exact) mass is 273 g/mol. The van der Waals surface area contributed by atoms with Gasteiger partial charge in [-0.25, -0.2) is 0 Å². The van der Waals surface area contributed by atoms with Gasteiger partial charge in [-0.2, -0.15) is 0 Å². The van der Waals surface area contributed by atoms with Gasteiger partial charge in [-0.3, -0.25) is 4.79 Å². The summed E-state index contributed by atoms with van der Waals surface area (Å²) in [5.74, 6) is 0.370. The van der Waals surface area contributed by atoms with E-state index in [1.54, 1.807) is 11.0 Å². The molecule has 1 fully saturated rings. The molecule has 2 rings (SSSR count). The van der Waals surface area contributed by atoms with Gasteiger partial charge < -0.3 is 10.0 Å². The van der Waals surface area contributed by atoms with Crippen molar-refractivity contribution in [3.05, 3.63) is 41.5 Å². The van der Waals surface area contributed by atoms with E-state index >= 15 is 0 Å². The van der Waals surface area contributed by atoms with Crippen molar-refractivity contribution in [1.29, 1.82) is 0 Å². The Kier molecular flexibility index (Phi) is 4.96. The summed E-state index contributed by atoms with van der Waals surface area (Å²) in [6.45, 7) is 5.00. The second kappa shape index (κ2) is 6.71. The summed E-state index contributed by atoms with van der Waals surface area (Å²) in [5.41, 5.74) is 2.32. The van der Waals surface area contributed by atoms with E-state index in [4.69, 9.17) is 0 Å². The maximum absolute atomic E-state index is 12.2. The van der Waals surface area contributed by atoms with E-state index in [0.29, 0.717) is 5.92 Å². The molecule has 1 N–H and O–H groups in total. The lowest BCUT2D eigenvalue weighted by molar-refractivity contribution is -0.127. The Bertz CT molecular complexity index is 478. The third kappa shape index (κ3) is 3.28. The van der Waals surface area contributed by atoms with E-state index in [2.05, 4.69) is 26.0 Å². The molecule has 0 aliphatic carbocycles. The third-order valence-electron chi connectivity index (χ3n) is 4.16. The Hall–Kier alpha value is -1.61. The number of aliphatic hydroxyl groups excluding tert-OH is 1. The normalized spacial score (nSPS) is 22.6. The predicted octanol–water partition coefficient (Wildman–Crippen LogP) is 2.49. The van der Waals surface area contributed by atoms with Crippen molar-refractivity contribution in [3.8, 4) is 0 Å². The highest BCUT2D eigenvalue weighted by Crippen LogP contribution is 2.23. The van der Waals surface area contributed by atoms with Gasteiger partial charge in [-0.05, 0) is 36.0 Å². The molecule has 3 heteroatoms. The summed E-state index contributed by atoms with van der Waals surface area (Å²) in [4.78, 5) is 14.0. The standard InChI is InChI=1S/C17H23NO2/c1-3-14-4-6-15(7-5-14)8-9-17(20)18-11-10-13(2)16(18)12-19/h4-9,13,16,19H,3,10-12H2,1-2H3/b9-8+. The van der Waals surface area contributed by atoms with Gasteiger partial charge in [-0.15, -0.1) is 0 Å². The van der Waals surface area contributed by atoms with Crippen molar-refractivity contribution >= 4 is 12.0 Å². The summed E-state index contributed by atoms with van der Waals surface area (Å²) in [5, 5.41) is 9.38. The molecule has 1 aromatic rings. The zero-order chi connectivity index (χ0) is 14.5. The first kappa shape index (κ1) is 14.8. The summed E-state index contributed by atoms with van der Waals surface area (Å²) in [7, 11) is 0. The van der Waals surface area contributed by atoms with Crippen LogP contribution in [0.4, 0.5) is 0 Å². The first-order valence-electron chi connectivity index (χ1n) is 7.34. The molecule has 1 aromatic carbocycles. The topological polar surface area (TPSA) is 40.5 Å². The van der Waals surface area contributed by atoms with Crippen LogP contribution in [0.2, 0.25) is 0 Å². The lowest BCUT2D eigenvalue weighted by atomic mass is 10.0. The van der Waals surface area contributed by atoms with Gasteiger partial charge in [0.05, 0.1) is 12.6 Å². The molecule has 3 nitrogen and oxygen atoms in total. The molecule has 2 unspecified atom stereocenters. The predicted molar refractivity (Wildman–Crippen MR) is 81.2 cm³/mol. The zero-order valence-corrected chi connectivity index (χ0v) is 12.2. The molecular formula is C17H23NO2. The van der Waals surface area contributed by atoms with Crippen LogP contribution in [0, 0.1) is 5.92 Å². The first-order valence-corrected chi connectivity index (χ1v) is 7.34. The van der Waals surface area contributed by atoms with E-state index in [-0.39, 0.29) is 18.6 Å². The molecule has 1 heterocycles. The SMILES string of the molecule is CCc1ccc(/C=C/C(=O)N2CCC(C)C2CO)cc1. The van der Waals surface area contributed by atoms with Gasteiger partial charge in [0.25, 0.3) is 0 Å². The van der Waals surface area contributed by atoms with Crippen molar-refractivity contribution in [3.63, 3.8) is 0 Å². The van der Waals surface area contributed by atoms with E-state index < -0.39 is 0 Å². The van der Waals surface area contributed by atoms with Crippen LogP contribution in [0.15, 0.2) is 30.3 Å². The van der Waals surface area contributed by atoms with E-state index in [0.717, 1.165) is 24.9 Å². The van der Waals surface area contributed by atoms with Crippen LogP contribution in [0.1, 0.15) is 31.4 Å². The van der Waals surface area contributed by atoms with Crippen molar-refractivity contribution < 1.29 is 9.90 Å². The molecule has 1 saturated heterocycles. The van der Waals surface area contributed by atoms with E-state index in [9.17, 15) is 9.90 Å². The number of likely N-dealkylation sites (tertiary alicyclic amines) is 1. The first-order chi connectivity index (χ1) is 9.65. The fourth-order valence-electron chi connectivity index (χ4n) is 2.69. The van der Waals surface area contributed by atoms with Crippen LogP contribution in [-0.4, -0.2) is 35.1 Å². The molecule has 0 aromatic heterocycles. The number of carbonyl (C=O) groups excluding carboxylic acids is 1.